The molecule has 1 aromatic rings. The van der Waals surface area contributed by atoms with Crippen LogP contribution in [0.4, 0.5) is 11.4 Å². The fourth-order valence-electron chi connectivity index (χ4n) is 2.15. The Bertz CT molecular complexity index is 503. The Morgan fingerprint density at radius 1 is 1.38 bits per heavy atom. The number of nitrogens with zero attached hydrogens (tertiary/aromatic N) is 1. The third kappa shape index (κ3) is 5.41. The van der Waals surface area contributed by atoms with Crippen LogP contribution < -0.4 is 11.1 Å². The van der Waals surface area contributed by atoms with Gasteiger partial charge in [0, 0.05) is 17.8 Å². The summed E-state index contributed by atoms with van der Waals surface area (Å²) in [4.78, 5) is 22.5. The van der Waals surface area contributed by atoms with Crippen molar-refractivity contribution in [1.82, 2.24) is 5.32 Å². The van der Waals surface area contributed by atoms with Gasteiger partial charge < -0.3 is 11.1 Å². The second-order valence-electron chi connectivity index (χ2n) is 5.26. The Morgan fingerprint density at radius 2 is 2.10 bits per heavy atom. The van der Waals surface area contributed by atoms with Gasteiger partial charge in [0.25, 0.3) is 11.6 Å². The Balaban J connectivity index is 2.66. The minimum Gasteiger partial charge on any atom is -0.399 e. The van der Waals surface area contributed by atoms with Crippen molar-refractivity contribution in [1.29, 1.82) is 0 Å². The highest BCUT2D eigenvalue weighted by atomic mass is 16.6. The summed E-state index contributed by atoms with van der Waals surface area (Å²) in [6.45, 7) is 4.05. The SMILES string of the molecule is CCCCCCC(C)NC(=O)c1cc(N)ccc1[N+](=O)[O-]. The van der Waals surface area contributed by atoms with E-state index in [9.17, 15) is 14.9 Å². The summed E-state index contributed by atoms with van der Waals surface area (Å²) in [7, 11) is 0. The van der Waals surface area contributed by atoms with Gasteiger partial charge in [0.1, 0.15) is 5.56 Å². The number of benzene rings is 1. The molecule has 1 unspecified atom stereocenters. The third-order valence-electron chi connectivity index (χ3n) is 3.33. The van der Waals surface area contributed by atoms with Gasteiger partial charge in [-0.15, -0.1) is 0 Å². The number of nitrogens with one attached hydrogen (secondary N) is 1. The topological polar surface area (TPSA) is 98.3 Å². The summed E-state index contributed by atoms with van der Waals surface area (Å²) in [5, 5.41) is 13.7. The maximum atomic E-state index is 12.2. The molecule has 0 radical (unpaired) electrons. The zero-order valence-electron chi connectivity index (χ0n) is 12.6. The molecule has 0 aliphatic heterocycles. The van der Waals surface area contributed by atoms with Crippen LogP contribution in [-0.2, 0) is 0 Å². The van der Waals surface area contributed by atoms with Crippen LogP contribution >= 0.6 is 0 Å². The molecular formula is C15H23N3O3. The number of hydrogen-bond acceptors (Lipinski definition) is 4. The number of carbonyl (C=O) groups excluding carboxylic acids is 1. The number of nitro benzene ring substituents is 1. The van der Waals surface area contributed by atoms with Gasteiger partial charge in [0.05, 0.1) is 4.92 Å². The lowest BCUT2D eigenvalue weighted by Gasteiger charge is -2.14. The van der Waals surface area contributed by atoms with E-state index in [1.165, 1.54) is 24.6 Å². The average Bonchev–Trinajstić information content (AvgIpc) is 2.43. The summed E-state index contributed by atoms with van der Waals surface area (Å²) in [5.41, 5.74) is 5.73. The molecule has 0 aromatic heterocycles. The standard InChI is InChI=1S/C15H23N3O3/c1-3-4-5-6-7-11(2)17-15(19)13-10-12(16)8-9-14(13)18(20)21/h8-11H,3-7,16H2,1-2H3,(H,17,19). The number of carbonyl (C=O) groups is 1. The first-order valence-electron chi connectivity index (χ1n) is 7.30. The zero-order valence-corrected chi connectivity index (χ0v) is 12.6. The maximum absolute atomic E-state index is 12.2. The van der Waals surface area contributed by atoms with Gasteiger partial charge in [0.2, 0.25) is 0 Å². The highest BCUT2D eigenvalue weighted by Gasteiger charge is 2.21. The zero-order chi connectivity index (χ0) is 15.8. The first-order chi connectivity index (χ1) is 9.95. The molecule has 0 saturated carbocycles. The number of nitrogen functional groups attached to an aromatic ring is 1. The molecule has 0 bridgehead atoms. The van der Waals surface area contributed by atoms with Gasteiger partial charge in [-0.3, -0.25) is 14.9 Å². The van der Waals surface area contributed by atoms with Crippen molar-refractivity contribution < 1.29 is 9.72 Å². The molecular weight excluding hydrogens is 270 g/mol. The van der Waals surface area contributed by atoms with E-state index in [4.69, 9.17) is 5.73 Å². The summed E-state index contributed by atoms with van der Waals surface area (Å²) in [6, 6.07) is 4.01. The van der Waals surface area contributed by atoms with E-state index >= 15 is 0 Å². The number of nitro groups is 1. The van der Waals surface area contributed by atoms with E-state index < -0.39 is 10.8 Å². The van der Waals surface area contributed by atoms with Crippen LogP contribution in [-0.4, -0.2) is 16.9 Å². The van der Waals surface area contributed by atoms with E-state index in [2.05, 4.69) is 12.2 Å². The molecule has 1 aromatic carbocycles. The van der Waals surface area contributed by atoms with Crippen molar-refractivity contribution in [2.75, 3.05) is 5.73 Å². The van der Waals surface area contributed by atoms with Crippen LogP contribution in [0.1, 0.15) is 56.3 Å². The molecule has 1 atom stereocenters. The normalized spacial score (nSPS) is 11.9. The van der Waals surface area contributed by atoms with Crippen molar-refractivity contribution in [2.45, 2.75) is 52.0 Å². The first-order valence-corrected chi connectivity index (χ1v) is 7.30. The van der Waals surface area contributed by atoms with Crippen LogP contribution in [0.2, 0.25) is 0 Å². The summed E-state index contributed by atoms with van der Waals surface area (Å²) >= 11 is 0. The lowest BCUT2D eigenvalue weighted by atomic mass is 10.1. The predicted molar refractivity (Wildman–Crippen MR) is 83.2 cm³/mol. The van der Waals surface area contributed by atoms with E-state index in [0.29, 0.717) is 5.69 Å². The highest BCUT2D eigenvalue weighted by Crippen LogP contribution is 2.21. The van der Waals surface area contributed by atoms with Gasteiger partial charge in [-0.1, -0.05) is 32.6 Å². The first kappa shape index (κ1) is 16.9. The fraction of sp³-hybridized carbons (Fsp3) is 0.533. The maximum Gasteiger partial charge on any atom is 0.282 e. The van der Waals surface area contributed by atoms with Crippen LogP contribution in [0, 0.1) is 10.1 Å². The molecule has 0 heterocycles. The summed E-state index contributed by atoms with van der Waals surface area (Å²) < 4.78 is 0. The van der Waals surface area contributed by atoms with Crippen molar-refractivity contribution in [3.05, 3.63) is 33.9 Å². The minimum absolute atomic E-state index is 0.0143. The fourth-order valence-corrected chi connectivity index (χ4v) is 2.15. The number of nitrogens with two attached hydrogens (primary N) is 1. The lowest BCUT2D eigenvalue weighted by Crippen LogP contribution is -2.33. The molecule has 3 N–H and O–H groups in total. The number of unbranched alkanes of at least 4 members (excludes halogenated alkanes) is 3. The van der Waals surface area contributed by atoms with Crippen molar-refractivity contribution in [3.63, 3.8) is 0 Å². The smallest absolute Gasteiger partial charge is 0.282 e. The van der Waals surface area contributed by atoms with Crippen molar-refractivity contribution in [2.24, 2.45) is 0 Å². The van der Waals surface area contributed by atoms with E-state index in [0.717, 1.165) is 25.7 Å². The van der Waals surface area contributed by atoms with Crippen LogP contribution in [0.15, 0.2) is 18.2 Å². The Labute approximate surface area is 124 Å². The molecule has 0 saturated heterocycles. The summed E-state index contributed by atoms with van der Waals surface area (Å²) in [6.07, 6.45) is 5.38. The Morgan fingerprint density at radius 3 is 2.71 bits per heavy atom. The van der Waals surface area contributed by atoms with Crippen LogP contribution in [0.3, 0.4) is 0 Å². The van der Waals surface area contributed by atoms with Gasteiger partial charge in [-0.25, -0.2) is 0 Å². The van der Waals surface area contributed by atoms with E-state index in [-0.39, 0.29) is 17.3 Å². The molecule has 1 amide bonds. The third-order valence-corrected chi connectivity index (χ3v) is 3.33. The van der Waals surface area contributed by atoms with Crippen molar-refractivity contribution in [3.8, 4) is 0 Å². The molecule has 116 valence electrons. The monoisotopic (exact) mass is 293 g/mol. The number of hydrogen-bond donors (Lipinski definition) is 2. The predicted octanol–water partition coefficient (Wildman–Crippen LogP) is 3.27. The molecule has 21 heavy (non-hydrogen) atoms. The highest BCUT2D eigenvalue weighted by molar-refractivity contribution is 5.99. The van der Waals surface area contributed by atoms with Gasteiger partial charge in [-0.2, -0.15) is 0 Å². The van der Waals surface area contributed by atoms with Gasteiger partial charge in [-0.05, 0) is 25.5 Å². The Kier molecular flexibility index (Phi) is 6.65. The second kappa shape index (κ2) is 8.24. The van der Waals surface area contributed by atoms with E-state index in [1.54, 1.807) is 0 Å². The lowest BCUT2D eigenvalue weighted by molar-refractivity contribution is -0.385. The molecule has 0 aliphatic carbocycles. The second-order valence-corrected chi connectivity index (χ2v) is 5.26. The minimum atomic E-state index is -0.569. The largest absolute Gasteiger partial charge is 0.399 e. The van der Waals surface area contributed by atoms with E-state index in [1.807, 2.05) is 6.92 Å². The van der Waals surface area contributed by atoms with Crippen LogP contribution in [0.5, 0.6) is 0 Å². The number of rotatable bonds is 8. The van der Waals surface area contributed by atoms with Crippen molar-refractivity contribution >= 4 is 17.3 Å². The molecule has 0 fully saturated rings. The molecule has 0 spiro atoms. The number of anilines is 1. The molecule has 1 rings (SSSR count). The van der Waals surface area contributed by atoms with Crippen LogP contribution in [0.25, 0.3) is 0 Å². The Hall–Kier alpha value is -2.11. The molecule has 0 aliphatic rings. The average molecular weight is 293 g/mol. The quantitative estimate of drug-likeness (QED) is 0.332. The van der Waals surface area contributed by atoms with Gasteiger partial charge >= 0.3 is 0 Å². The molecule has 6 heteroatoms. The molecule has 6 nitrogen and oxygen atoms in total. The van der Waals surface area contributed by atoms with Gasteiger partial charge in [0.15, 0.2) is 0 Å². The number of amides is 1. The summed E-state index contributed by atoms with van der Waals surface area (Å²) in [5.74, 6) is -0.447.